The van der Waals surface area contributed by atoms with E-state index < -0.39 is 0 Å². The third-order valence-corrected chi connectivity index (χ3v) is 8.54. The highest BCUT2D eigenvalue weighted by Crippen LogP contribution is 2.41. The number of oxime groups is 1. The van der Waals surface area contributed by atoms with Crippen LogP contribution in [0.3, 0.4) is 0 Å². The molecule has 1 aromatic carbocycles. The number of hydrogen-bond donors (Lipinski definition) is 2. The molecule has 7 nitrogen and oxygen atoms in total. The fourth-order valence-electron chi connectivity index (χ4n) is 6.27. The van der Waals surface area contributed by atoms with E-state index in [4.69, 9.17) is 9.47 Å². The van der Waals surface area contributed by atoms with E-state index in [-0.39, 0.29) is 17.4 Å². The van der Waals surface area contributed by atoms with Crippen LogP contribution in [0, 0.1) is 12.8 Å². The lowest BCUT2D eigenvalue weighted by atomic mass is 9.82. The minimum absolute atomic E-state index is 0.00649. The van der Waals surface area contributed by atoms with Crippen LogP contribution in [0.4, 0.5) is 0 Å². The van der Waals surface area contributed by atoms with E-state index in [9.17, 15) is 10.0 Å². The second-order valence-electron chi connectivity index (χ2n) is 12.3. The summed E-state index contributed by atoms with van der Waals surface area (Å²) in [6, 6.07) is 6.52. The number of nitrogens with zero attached hydrogens (tertiary/aromatic N) is 2. The van der Waals surface area contributed by atoms with Crippen LogP contribution in [0.2, 0.25) is 0 Å². The number of nitrogens with one attached hydrogen (secondary N) is 1. The molecule has 2 fully saturated rings. The molecule has 1 saturated carbocycles. The summed E-state index contributed by atoms with van der Waals surface area (Å²) in [4.78, 5) is 13.5. The standard InChI is InChI=1S/C31H43N3O4/c1-20-24(30(35)32-23-10-13-37-14-11-23)18-28(34(20)19-21-8-6-5-7-9-21)22-16-25-27(33-36)12-15-38-29(25)26(17-22)31(2,3)4/h16-18,21,23,36H,5-15,19H2,1-4H3,(H,32,35). The van der Waals surface area contributed by atoms with Gasteiger partial charge in [-0.05, 0) is 67.7 Å². The Morgan fingerprint density at radius 1 is 1.08 bits per heavy atom. The van der Waals surface area contributed by atoms with Gasteiger partial charge in [-0.3, -0.25) is 4.79 Å². The Bertz CT molecular complexity index is 1190. The van der Waals surface area contributed by atoms with Gasteiger partial charge in [0.15, 0.2) is 0 Å². The Hall–Kier alpha value is -2.80. The molecule has 0 atom stereocenters. The molecule has 2 N–H and O–H groups in total. The van der Waals surface area contributed by atoms with Crippen molar-refractivity contribution in [2.24, 2.45) is 11.1 Å². The highest BCUT2D eigenvalue weighted by atomic mass is 16.5. The summed E-state index contributed by atoms with van der Waals surface area (Å²) in [5.74, 6) is 1.41. The summed E-state index contributed by atoms with van der Waals surface area (Å²) in [7, 11) is 0. The quantitative estimate of drug-likeness (QED) is 0.362. The fraction of sp³-hybridized carbons (Fsp3) is 0.613. The largest absolute Gasteiger partial charge is 0.492 e. The predicted molar refractivity (Wildman–Crippen MR) is 150 cm³/mol. The van der Waals surface area contributed by atoms with Gasteiger partial charge in [0, 0.05) is 54.7 Å². The summed E-state index contributed by atoms with van der Waals surface area (Å²) in [5, 5.41) is 16.7. The van der Waals surface area contributed by atoms with Gasteiger partial charge in [0.2, 0.25) is 0 Å². The maximum absolute atomic E-state index is 13.5. The molecule has 3 aliphatic rings. The predicted octanol–water partition coefficient (Wildman–Crippen LogP) is 6.21. The number of amides is 1. The number of carbonyl (C=O) groups excluding carboxylic acids is 1. The second-order valence-corrected chi connectivity index (χ2v) is 12.3. The molecular formula is C31H43N3O4. The average Bonchev–Trinajstić information content (AvgIpc) is 3.24. The Balaban J connectivity index is 1.61. The maximum Gasteiger partial charge on any atom is 0.253 e. The van der Waals surface area contributed by atoms with Gasteiger partial charge in [-0.15, -0.1) is 0 Å². The molecule has 206 valence electrons. The van der Waals surface area contributed by atoms with Crippen molar-refractivity contribution >= 4 is 11.6 Å². The Kier molecular flexibility index (Phi) is 7.85. The summed E-state index contributed by atoms with van der Waals surface area (Å²) in [6.07, 6.45) is 8.59. The van der Waals surface area contributed by atoms with Crippen LogP contribution in [0.1, 0.15) is 99.3 Å². The number of hydrogen-bond acceptors (Lipinski definition) is 5. The number of rotatable bonds is 5. The van der Waals surface area contributed by atoms with Crippen LogP contribution in [0.15, 0.2) is 23.4 Å². The van der Waals surface area contributed by atoms with Crippen LogP contribution in [0.25, 0.3) is 11.3 Å². The molecule has 1 saturated heterocycles. The monoisotopic (exact) mass is 521 g/mol. The van der Waals surface area contributed by atoms with Crippen molar-refractivity contribution in [1.29, 1.82) is 0 Å². The number of aromatic nitrogens is 1. The zero-order valence-corrected chi connectivity index (χ0v) is 23.4. The van der Waals surface area contributed by atoms with E-state index in [1.54, 1.807) is 0 Å². The van der Waals surface area contributed by atoms with Crippen molar-refractivity contribution in [3.8, 4) is 17.0 Å². The Morgan fingerprint density at radius 3 is 2.50 bits per heavy atom. The van der Waals surface area contributed by atoms with Gasteiger partial charge in [-0.2, -0.15) is 0 Å². The second kappa shape index (κ2) is 11.1. The molecule has 0 bridgehead atoms. The van der Waals surface area contributed by atoms with Gasteiger partial charge in [0.1, 0.15) is 5.75 Å². The van der Waals surface area contributed by atoms with E-state index in [0.29, 0.717) is 37.9 Å². The number of fused-ring (bicyclic) bond motifs is 1. The third kappa shape index (κ3) is 5.49. The molecule has 0 radical (unpaired) electrons. The lowest BCUT2D eigenvalue weighted by molar-refractivity contribution is 0.0696. The van der Waals surface area contributed by atoms with Crippen molar-refractivity contribution in [2.45, 2.75) is 97.1 Å². The van der Waals surface area contributed by atoms with Gasteiger partial charge in [-0.1, -0.05) is 45.2 Å². The first-order valence-electron chi connectivity index (χ1n) is 14.4. The van der Waals surface area contributed by atoms with Crippen LogP contribution in [-0.2, 0) is 16.7 Å². The van der Waals surface area contributed by atoms with Crippen molar-refractivity contribution in [1.82, 2.24) is 9.88 Å². The number of carbonyl (C=O) groups is 1. The Labute approximate surface area is 226 Å². The highest BCUT2D eigenvalue weighted by Gasteiger charge is 2.30. The van der Waals surface area contributed by atoms with Gasteiger partial charge < -0.3 is 24.6 Å². The third-order valence-electron chi connectivity index (χ3n) is 8.54. The SMILES string of the molecule is Cc1c(C(=O)NC2CCOCC2)cc(-c2cc3c(c(C(C)(C)C)c2)OCCC3=NO)n1CC1CCCCC1. The molecule has 0 unspecified atom stereocenters. The first-order chi connectivity index (χ1) is 18.3. The normalized spacial score (nSPS) is 20.3. The zero-order chi connectivity index (χ0) is 26.9. The first-order valence-corrected chi connectivity index (χ1v) is 14.4. The summed E-state index contributed by atoms with van der Waals surface area (Å²) >= 11 is 0. The van der Waals surface area contributed by atoms with Crippen molar-refractivity contribution < 1.29 is 19.5 Å². The molecule has 7 heteroatoms. The molecule has 3 heterocycles. The van der Waals surface area contributed by atoms with Crippen LogP contribution >= 0.6 is 0 Å². The van der Waals surface area contributed by atoms with Gasteiger partial charge in [0.25, 0.3) is 5.91 Å². The lowest BCUT2D eigenvalue weighted by Crippen LogP contribution is -2.39. The lowest BCUT2D eigenvalue weighted by Gasteiger charge is -2.29. The maximum atomic E-state index is 13.5. The molecular weight excluding hydrogens is 478 g/mol. The molecule has 1 aliphatic carbocycles. The number of benzene rings is 1. The van der Waals surface area contributed by atoms with E-state index in [1.807, 2.05) is 0 Å². The van der Waals surface area contributed by atoms with E-state index in [2.05, 4.69) is 60.9 Å². The summed E-state index contributed by atoms with van der Waals surface area (Å²) in [5.41, 5.74) is 6.24. The molecule has 1 amide bonds. The molecule has 2 aliphatic heterocycles. The van der Waals surface area contributed by atoms with Crippen molar-refractivity contribution in [3.05, 3.63) is 40.6 Å². The zero-order valence-electron chi connectivity index (χ0n) is 23.4. The fourth-order valence-corrected chi connectivity index (χ4v) is 6.27. The highest BCUT2D eigenvalue weighted by molar-refractivity contribution is 6.05. The molecule has 5 rings (SSSR count). The van der Waals surface area contributed by atoms with Gasteiger partial charge in [0.05, 0.1) is 17.9 Å². The number of ether oxygens (including phenoxy) is 2. The van der Waals surface area contributed by atoms with E-state index in [1.165, 1.54) is 32.1 Å². The van der Waals surface area contributed by atoms with Crippen LogP contribution in [-0.4, -0.2) is 47.3 Å². The summed E-state index contributed by atoms with van der Waals surface area (Å²) in [6.45, 7) is 11.4. The van der Waals surface area contributed by atoms with Crippen molar-refractivity contribution in [2.75, 3.05) is 19.8 Å². The van der Waals surface area contributed by atoms with Crippen LogP contribution in [0.5, 0.6) is 5.75 Å². The first kappa shape index (κ1) is 26.8. The minimum atomic E-state index is -0.170. The van der Waals surface area contributed by atoms with Crippen LogP contribution < -0.4 is 10.1 Å². The van der Waals surface area contributed by atoms with Gasteiger partial charge >= 0.3 is 0 Å². The minimum Gasteiger partial charge on any atom is -0.492 e. The summed E-state index contributed by atoms with van der Waals surface area (Å²) < 4.78 is 14.0. The van der Waals surface area contributed by atoms with Crippen molar-refractivity contribution in [3.63, 3.8) is 0 Å². The average molecular weight is 522 g/mol. The van der Waals surface area contributed by atoms with Gasteiger partial charge in [-0.25, -0.2) is 0 Å². The van der Waals surface area contributed by atoms with E-state index >= 15 is 0 Å². The molecule has 1 aromatic heterocycles. The molecule has 38 heavy (non-hydrogen) atoms. The molecule has 2 aromatic rings. The Morgan fingerprint density at radius 2 is 1.82 bits per heavy atom. The molecule has 0 spiro atoms. The topological polar surface area (TPSA) is 85.1 Å². The smallest absolute Gasteiger partial charge is 0.253 e. The van der Waals surface area contributed by atoms with E-state index in [0.717, 1.165) is 58.8 Å².